The molecule has 0 radical (unpaired) electrons. The number of Topliss-reactive ketones (excluding diaryl/α,β-unsaturated/α-hetero) is 1. The number of hydrogen-bond donors (Lipinski definition) is 0. The second kappa shape index (κ2) is 3.55. The zero-order valence-corrected chi connectivity index (χ0v) is 5.75. The highest BCUT2D eigenvalue weighted by Gasteiger charge is 1.98. The Labute approximate surface area is 52.0 Å². The van der Waals surface area contributed by atoms with Gasteiger partial charge in [-0.05, 0) is 6.92 Å². The number of hydrogen-bond acceptors (Lipinski definition) is 2. The van der Waals surface area contributed by atoms with E-state index in [9.17, 15) is 9.00 Å². The molecular weight excluding hydrogens is 124 g/mol. The predicted molar refractivity (Wildman–Crippen MR) is 34.1 cm³/mol. The van der Waals surface area contributed by atoms with Crippen LogP contribution in [0.2, 0.25) is 0 Å². The van der Waals surface area contributed by atoms with Crippen molar-refractivity contribution in [3.05, 3.63) is 0 Å². The molecule has 0 heterocycles. The summed E-state index contributed by atoms with van der Waals surface area (Å²) in [5, 5.41) is 0. The van der Waals surface area contributed by atoms with Crippen LogP contribution in [0.15, 0.2) is 0 Å². The summed E-state index contributed by atoms with van der Waals surface area (Å²) in [6.45, 7) is 3.28. The Bertz CT molecular complexity index is 145. The van der Waals surface area contributed by atoms with E-state index in [4.69, 9.17) is 0 Å². The molecule has 0 aromatic heterocycles. The van der Waals surface area contributed by atoms with Gasteiger partial charge in [-0.2, -0.15) is 0 Å². The largest absolute Gasteiger partial charge is 0.294 e. The maximum absolute atomic E-state index is 10.5. The summed E-state index contributed by atoms with van der Waals surface area (Å²) in [5.41, 5.74) is 0. The van der Waals surface area contributed by atoms with Crippen molar-refractivity contribution in [2.24, 2.45) is 0 Å². The SMILES string of the molecule is CCC(=O)C(C)=S=O. The lowest BCUT2D eigenvalue weighted by molar-refractivity contribution is -0.112. The van der Waals surface area contributed by atoms with E-state index in [0.717, 1.165) is 0 Å². The van der Waals surface area contributed by atoms with Gasteiger partial charge in [-0.25, -0.2) is 4.21 Å². The molecule has 0 aliphatic rings. The van der Waals surface area contributed by atoms with Crippen LogP contribution >= 0.6 is 0 Å². The first-order valence-corrected chi connectivity index (χ1v) is 3.13. The Morgan fingerprint density at radius 2 is 2.12 bits per heavy atom. The lowest BCUT2D eigenvalue weighted by Gasteiger charge is -1.85. The fraction of sp³-hybridized carbons (Fsp3) is 0.600. The summed E-state index contributed by atoms with van der Waals surface area (Å²) in [6, 6.07) is 0. The van der Waals surface area contributed by atoms with Gasteiger partial charge in [0.05, 0.1) is 16.1 Å². The topological polar surface area (TPSA) is 34.1 Å². The van der Waals surface area contributed by atoms with Crippen LogP contribution in [0.3, 0.4) is 0 Å². The zero-order chi connectivity index (χ0) is 6.57. The summed E-state index contributed by atoms with van der Waals surface area (Å²) < 4.78 is 9.89. The minimum absolute atomic E-state index is 0.0509. The van der Waals surface area contributed by atoms with E-state index in [-0.39, 0.29) is 17.0 Å². The minimum atomic E-state index is -0.0509. The molecular formula is C5H8O2S. The molecule has 0 amide bonds. The molecule has 0 aromatic rings. The van der Waals surface area contributed by atoms with Gasteiger partial charge in [0.15, 0.2) is 5.78 Å². The third kappa shape index (κ3) is 2.02. The molecule has 0 atom stereocenters. The quantitative estimate of drug-likeness (QED) is 0.509. The third-order valence-corrected chi connectivity index (χ3v) is 1.32. The van der Waals surface area contributed by atoms with Crippen LogP contribution in [-0.4, -0.2) is 14.9 Å². The van der Waals surface area contributed by atoms with Crippen molar-refractivity contribution in [3.8, 4) is 0 Å². The van der Waals surface area contributed by atoms with Crippen molar-refractivity contribution in [3.63, 3.8) is 0 Å². The first-order valence-electron chi connectivity index (χ1n) is 2.39. The summed E-state index contributed by atoms with van der Waals surface area (Å²) in [7, 11) is 0. The Morgan fingerprint density at radius 1 is 1.62 bits per heavy atom. The summed E-state index contributed by atoms with van der Waals surface area (Å²) in [4.78, 5) is 10.8. The second-order valence-electron chi connectivity index (χ2n) is 1.42. The molecule has 8 heavy (non-hydrogen) atoms. The highest BCUT2D eigenvalue weighted by Crippen LogP contribution is 1.80. The van der Waals surface area contributed by atoms with Gasteiger partial charge < -0.3 is 0 Å². The van der Waals surface area contributed by atoms with Crippen LogP contribution in [0.1, 0.15) is 20.3 Å². The van der Waals surface area contributed by atoms with E-state index in [1.54, 1.807) is 13.8 Å². The van der Waals surface area contributed by atoms with Crippen molar-refractivity contribution in [1.29, 1.82) is 0 Å². The fourth-order valence-corrected chi connectivity index (χ4v) is 0.533. The Balaban J connectivity index is 4.04. The maximum atomic E-state index is 10.5. The summed E-state index contributed by atoms with van der Waals surface area (Å²) in [6.07, 6.45) is 0.432. The maximum Gasteiger partial charge on any atom is 0.171 e. The van der Waals surface area contributed by atoms with Gasteiger partial charge in [0.2, 0.25) is 0 Å². The van der Waals surface area contributed by atoms with Crippen LogP contribution in [0.4, 0.5) is 0 Å². The highest BCUT2D eigenvalue weighted by atomic mass is 32.1. The zero-order valence-electron chi connectivity index (χ0n) is 4.93. The molecule has 0 N–H and O–H groups in total. The standard InChI is InChI=1S/C5H8O2S/c1-3-5(6)4(2)8-7/h3H2,1-2H3. The van der Waals surface area contributed by atoms with Gasteiger partial charge in [-0.1, -0.05) is 6.92 Å². The number of carbonyl (C=O) groups excluding carboxylic acids is 1. The molecule has 2 nitrogen and oxygen atoms in total. The molecule has 0 spiro atoms. The average molecular weight is 132 g/mol. The summed E-state index contributed by atoms with van der Waals surface area (Å²) >= 11 is 0.275. The lowest BCUT2D eigenvalue weighted by atomic mass is 10.2. The molecule has 0 aliphatic heterocycles. The van der Waals surface area contributed by atoms with Gasteiger partial charge >= 0.3 is 0 Å². The molecule has 46 valence electrons. The lowest BCUT2D eigenvalue weighted by Crippen LogP contribution is -2.06. The van der Waals surface area contributed by atoms with Crippen LogP contribution < -0.4 is 0 Å². The minimum Gasteiger partial charge on any atom is -0.294 e. The van der Waals surface area contributed by atoms with E-state index in [1.165, 1.54) is 0 Å². The van der Waals surface area contributed by atoms with Crippen molar-refractivity contribution in [2.45, 2.75) is 20.3 Å². The number of carbonyl (C=O) groups is 1. The van der Waals surface area contributed by atoms with Crippen LogP contribution in [0.5, 0.6) is 0 Å². The van der Waals surface area contributed by atoms with E-state index < -0.39 is 0 Å². The van der Waals surface area contributed by atoms with E-state index >= 15 is 0 Å². The Hall–Kier alpha value is -0.440. The van der Waals surface area contributed by atoms with Crippen LogP contribution in [0.25, 0.3) is 0 Å². The van der Waals surface area contributed by atoms with Crippen molar-refractivity contribution in [1.82, 2.24) is 0 Å². The van der Waals surface area contributed by atoms with Crippen molar-refractivity contribution >= 4 is 21.9 Å². The molecule has 0 aliphatic carbocycles. The normalized spacial score (nSPS) is 8.25. The van der Waals surface area contributed by atoms with Crippen LogP contribution in [0, 0.1) is 0 Å². The number of rotatable bonds is 2. The molecule has 0 aromatic carbocycles. The predicted octanol–water partition coefficient (Wildman–Crippen LogP) is 0.371. The smallest absolute Gasteiger partial charge is 0.171 e. The van der Waals surface area contributed by atoms with Crippen LogP contribution in [-0.2, 0) is 16.1 Å². The third-order valence-electron chi connectivity index (χ3n) is 0.839. The summed E-state index contributed by atoms with van der Waals surface area (Å²) in [5.74, 6) is -0.0509. The molecule has 0 saturated carbocycles. The number of ketones is 1. The van der Waals surface area contributed by atoms with Gasteiger partial charge in [-0.15, -0.1) is 0 Å². The molecule has 0 unspecified atom stereocenters. The molecule has 0 fully saturated rings. The van der Waals surface area contributed by atoms with E-state index in [1.807, 2.05) is 0 Å². The Kier molecular flexibility index (Phi) is 3.35. The van der Waals surface area contributed by atoms with Gasteiger partial charge in [0.1, 0.15) is 0 Å². The first kappa shape index (κ1) is 7.56. The van der Waals surface area contributed by atoms with E-state index in [0.29, 0.717) is 11.3 Å². The Morgan fingerprint density at radius 3 is 2.25 bits per heavy atom. The first-order chi connectivity index (χ1) is 3.72. The second-order valence-corrected chi connectivity index (χ2v) is 2.20. The van der Waals surface area contributed by atoms with Gasteiger partial charge in [0, 0.05) is 6.42 Å². The average Bonchev–Trinajstić information content (AvgIpc) is 1.84. The highest BCUT2D eigenvalue weighted by molar-refractivity contribution is 7.68. The van der Waals surface area contributed by atoms with E-state index in [2.05, 4.69) is 0 Å². The molecule has 3 heteroatoms. The van der Waals surface area contributed by atoms with Gasteiger partial charge in [0.25, 0.3) is 0 Å². The van der Waals surface area contributed by atoms with Crippen molar-refractivity contribution in [2.75, 3.05) is 0 Å². The monoisotopic (exact) mass is 132 g/mol. The molecule has 0 rings (SSSR count). The van der Waals surface area contributed by atoms with Gasteiger partial charge in [-0.3, -0.25) is 4.79 Å². The fourth-order valence-electron chi connectivity index (χ4n) is 0.295. The van der Waals surface area contributed by atoms with Crippen molar-refractivity contribution < 1.29 is 9.00 Å². The molecule has 0 saturated heterocycles. The molecule has 0 bridgehead atoms.